The highest BCUT2D eigenvalue weighted by molar-refractivity contribution is 7.13. The lowest BCUT2D eigenvalue weighted by molar-refractivity contribution is 0.268. The molecule has 5 heteroatoms. The van der Waals surface area contributed by atoms with Crippen LogP contribution in [0.5, 0.6) is 11.5 Å². The summed E-state index contributed by atoms with van der Waals surface area (Å²) in [6, 6.07) is 27.2. The number of ether oxygens (including phenoxy) is 2. The molecule has 31 heavy (non-hydrogen) atoms. The molecule has 0 aliphatic carbocycles. The number of nitrogens with zero attached hydrogens (tertiary/aromatic N) is 2. The third-order valence-electron chi connectivity index (χ3n) is 5.27. The van der Waals surface area contributed by atoms with Crippen molar-refractivity contribution in [2.24, 2.45) is 0 Å². The van der Waals surface area contributed by atoms with Crippen LogP contribution in [0.1, 0.15) is 22.9 Å². The highest BCUT2D eigenvalue weighted by Gasteiger charge is 2.21. The number of thiazole rings is 1. The lowest BCUT2D eigenvalue weighted by Crippen LogP contribution is -2.25. The molecular formula is C26H26N2O2S. The van der Waals surface area contributed by atoms with Gasteiger partial charge in [0.25, 0.3) is 0 Å². The van der Waals surface area contributed by atoms with Crippen molar-refractivity contribution in [3.8, 4) is 22.1 Å². The molecule has 4 rings (SSSR count). The predicted molar refractivity (Wildman–Crippen MR) is 127 cm³/mol. The van der Waals surface area contributed by atoms with Crippen LogP contribution in [0.4, 0.5) is 0 Å². The first-order valence-corrected chi connectivity index (χ1v) is 11.0. The second-order valence-corrected chi connectivity index (χ2v) is 8.18. The van der Waals surface area contributed by atoms with Gasteiger partial charge in [-0.15, -0.1) is 11.3 Å². The van der Waals surface area contributed by atoms with Crippen LogP contribution in [0, 0.1) is 0 Å². The molecule has 4 aromatic rings. The average molecular weight is 431 g/mol. The van der Waals surface area contributed by atoms with Crippen LogP contribution in [0.25, 0.3) is 10.6 Å². The van der Waals surface area contributed by atoms with Gasteiger partial charge in [-0.25, -0.2) is 4.98 Å². The van der Waals surface area contributed by atoms with E-state index in [-0.39, 0.29) is 6.04 Å². The van der Waals surface area contributed by atoms with Gasteiger partial charge in [0.15, 0.2) is 11.5 Å². The highest BCUT2D eigenvalue weighted by atomic mass is 32.1. The average Bonchev–Trinajstić information content (AvgIpc) is 3.28. The minimum atomic E-state index is 0.152. The third kappa shape index (κ3) is 4.63. The maximum absolute atomic E-state index is 5.60. The Morgan fingerprint density at radius 3 is 2.06 bits per heavy atom. The fourth-order valence-electron chi connectivity index (χ4n) is 3.88. The number of benzene rings is 3. The van der Waals surface area contributed by atoms with Gasteiger partial charge < -0.3 is 9.47 Å². The topological polar surface area (TPSA) is 34.6 Å². The third-order valence-corrected chi connectivity index (χ3v) is 6.19. The maximum Gasteiger partial charge on any atom is 0.170 e. The molecule has 4 nitrogen and oxygen atoms in total. The van der Waals surface area contributed by atoms with Gasteiger partial charge in [-0.05, 0) is 30.3 Å². The van der Waals surface area contributed by atoms with Crippen LogP contribution in [-0.2, 0) is 6.54 Å². The molecule has 158 valence electrons. The Hall–Kier alpha value is -3.15. The molecule has 0 aliphatic heterocycles. The molecule has 0 atom stereocenters. The van der Waals surface area contributed by atoms with Crippen LogP contribution in [0.2, 0.25) is 0 Å². The van der Waals surface area contributed by atoms with Gasteiger partial charge in [0.05, 0.1) is 31.5 Å². The Labute approximate surface area is 187 Å². The summed E-state index contributed by atoms with van der Waals surface area (Å²) in [4.78, 5) is 7.26. The molecule has 1 heterocycles. The molecule has 0 radical (unpaired) electrons. The van der Waals surface area contributed by atoms with E-state index in [1.165, 1.54) is 11.1 Å². The number of aromatic nitrogens is 1. The fourth-order valence-corrected chi connectivity index (χ4v) is 4.71. The lowest BCUT2D eigenvalue weighted by Gasteiger charge is -2.28. The number of hydrogen-bond acceptors (Lipinski definition) is 5. The fraction of sp³-hybridized carbons (Fsp3) is 0.192. The standard InChI is InChI=1S/C26H26N2O2S/c1-28(24(19-11-6-4-7-12-19)20-13-8-5-9-14-20)17-21-18-31-26(27-21)22-15-10-16-23(29-2)25(22)30-3/h4-16,18,24H,17H2,1-3H3. The zero-order chi connectivity index (χ0) is 21.6. The SMILES string of the molecule is COc1cccc(-c2nc(CN(C)C(c3ccccc3)c3ccccc3)cs2)c1OC. The van der Waals surface area contributed by atoms with Crippen LogP contribution in [-0.4, -0.2) is 31.2 Å². The second-order valence-electron chi connectivity index (χ2n) is 7.32. The summed E-state index contributed by atoms with van der Waals surface area (Å²) in [5.41, 5.74) is 4.51. The van der Waals surface area contributed by atoms with Crippen LogP contribution < -0.4 is 9.47 Å². The van der Waals surface area contributed by atoms with Gasteiger partial charge in [-0.2, -0.15) is 0 Å². The monoisotopic (exact) mass is 430 g/mol. The molecular weight excluding hydrogens is 404 g/mol. The molecule has 0 aliphatic rings. The van der Waals surface area contributed by atoms with Crippen LogP contribution in [0.15, 0.2) is 84.2 Å². The maximum atomic E-state index is 5.60. The van der Waals surface area contributed by atoms with E-state index in [1.807, 2.05) is 18.2 Å². The smallest absolute Gasteiger partial charge is 0.170 e. The molecule has 0 saturated carbocycles. The van der Waals surface area contributed by atoms with E-state index >= 15 is 0 Å². The van der Waals surface area contributed by atoms with Crippen molar-refractivity contribution < 1.29 is 9.47 Å². The van der Waals surface area contributed by atoms with Crippen molar-refractivity contribution in [1.82, 2.24) is 9.88 Å². The van der Waals surface area contributed by atoms with Gasteiger partial charge in [0.2, 0.25) is 0 Å². The predicted octanol–water partition coefficient (Wildman–Crippen LogP) is 6.05. The van der Waals surface area contributed by atoms with E-state index in [0.29, 0.717) is 11.5 Å². The largest absolute Gasteiger partial charge is 0.493 e. The minimum absolute atomic E-state index is 0.152. The Bertz CT molecular complexity index is 1070. The summed E-state index contributed by atoms with van der Waals surface area (Å²) in [7, 11) is 5.46. The zero-order valence-corrected chi connectivity index (χ0v) is 18.8. The summed E-state index contributed by atoms with van der Waals surface area (Å²) in [6.07, 6.45) is 0. The summed E-state index contributed by atoms with van der Waals surface area (Å²) < 4.78 is 11.0. The molecule has 1 aromatic heterocycles. The first-order valence-electron chi connectivity index (χ1n) is 10.2. The quantitative estimate of drug-likeness (QED) is 0.341. The Balaban J connectivity index is 1.62. The molecule has 3 aromatic carbocycles. The molecule has 0 fully saturated rings. The summed E-state index contributed by atoms with van der Waals surface area (Å²) >= 11 is 1.62. The van der Waals surface area contributed by atoms with Gasteiger partial charge in [-0.1, -0.05) is 66.7 Å². The molecule has 0 bridgehead atoms. The van der Waals surface area contributed by atoms with Crippen LogP contribution in [0.3, 0.4) is 0 Å². The highest BCUT2D eigenvalue weighted by Crippen LogP contribution is 2.39. The lowest BCUT2D eigenvalue weighted by atomic mass is 9.97. The molecule has 0 N–H and O–H groups in total. The van der Waals surface area contributed by atoms with E-state index < -0.39 is 0 Å². The molecule has 0 spiro atoms. The normalized spacial score (nSPS) is 11.1. The van der Waals surface area contributed by atoms with Gasteiger partial charge in [0, 0.05) is 11.9 Å². The first kappa shape index (κ1) is 21.1. The number of hydrogen-bond donors (Lipinski definition) is 0. The number of para-hydroxylation sites is 1. The van der Waals surface area contributed by atoms with E-state index in [9.17, 15) is 0 Å². The van der Waals surface area contributed by atoms with Crippen molar-refractivity contribution in [3.05, 3.63) is 101 Å². The Morgan fingerprint density at radius 1 is 0.839 bits per heavy atom. The van der Waals surface area contributed by atoms with Crippen molar-refractivity contribution in [1.29, 1.82) is 0 Å². The summed E-state index contributed by atoms with van der Waals surface area (Å²) in [5.74, 6) is 1.42. The van der Waals surface area contributed by atoms with Gasteiger partial charge in [-0.3, -0.25) is 4.90 Å². The Morgan fingerprint density at radius 2 is 1.48 bits per heavy atom. The van der Waals surface area contributed by atoms with Crippen LogP contribution >= 0.6 is 11.3 Å². The summed E-state index contributed by atoms with van der Waals surface area (Å²) in [5, 5.41) is 3.05. The van der Waals surface area contributed by atoms with Crippen molar-refractivity contribution in [2.45, 2.75) is 12.6 Å². The number of methoxy groups -OCH3 is 2. The molecule has 0 unspecified atom stereocenters. The Kier molecular flexibility index (Phi) is 6.65. The number of rotatable bonds is 8. The first-order chi connectivity index (χ1) is 15.2. The van der Waals surface area contributed by atoms with E-state index in [4.69, 9.17) is 14.5 Å². The zero-order valence-electron chi connectivity index (χ0n) is 18.0. The minimum Gasteiger partial charge on any atom is -0.493 e. The summed E-state index contributed by atoms with van der Waals surface area (Å²) in [6.45, 7) is 0.733. The van der Waals surface area contributed by atoms with Crippen molar-refractivity contribution >= 4 is 11.3 Å². The van der Waals surface area contributed by atoms with E-state index in [1.54, 1.807) is 25.6 Å². The van der Waals surface area contributed by atoms with Gasteiger partial charge in [0.1, 0.15) is 5.01 Å². The second kappa shape index (κ2) is 9.77. The van der Waals surface area contributed by atoms with Crippen molar-refractivity contribution in [3.63, 3.8) is 0 Å². The molecule has 0 saturated heterocycles. The van der Waals surface area contributed by atoms with E-state index in [0.717, 1.165) is 22.8 Å². The van der Waals surface area contributed by atoms with Gasteiger partial charge >= 0.3 is 0 Å². The van der Waals surface area contributed by atoms with E-state index in [2.05, 4.69) is 78.0 Å². The van der Waals surface area contributed by atoms with Crippen molar-refractivity contribution in [2.75, 3.05) is 21.3 Å². The molecule has 0 amide bonds.